The molecule has 0 bridgehead atoms. The SMILES string of the molecule is Cc1cccc(C)c1NC(=O)c1ccc(=O)n(-c2ccccc2)n1. The zero-order chi connectivity index (χ0) is 17.1. The topological polar surface area (TPSA) is 64.0 Å². The summed E-state index contributed by atoms with van der Waals surface area (Å²) in [4.78, 5) is 24.6. The molecular formula is C19H17N3O2. The molecule has 0 saturated carbocycles. The molecule has 3 rings (SSSR count). The molecule has 0 aliphatic heterocycles. The number of nitrogens with one attached hydrogen (secondary N) is 1. The molecule has 0 unspecified atom stereocenters. The van der Waals surface area contributed by atoms with Gasteiger partial charge in [-0.15, -0.1) is 0 Å². The predicted octanol–water partition coefficient (Wildman–Crippen LogP) is 3.10. The summed E-state index contributed by atoms with van der Waals surface area (Å²) in [6.07, 6.45) is 0. The second-order valence-corrected chi connectivity index (χ2v) is 5.53. The predicted molar refractivity (Wildman–Crippen MR) is 93.7 cm³/mol. The van der Waals surface area contributed by atoms with Crippen molar-refractivity contribution in [1.82, 2.24) is 9.78 Å². The van der Waals surface area contributed by atoms with Crippen molar-refractivity contribution in [3.63, 3.8) is 0 Å². The Morgan fingerprint density at radius 2 is 1.58 bits per heavy atom. The van der Waals surface area contributed by atoms with Gasteiger partial charge in [-0.05, 0) is 43.2 Å². The van der Waals surface area contributed by atoms with Crippen molar-refractivity contribution in [3.8, 4) is 5.69 Å². The van der Waals surface area contributed by atoms with Crippen LogP contribution in [0.5, 0.6) is 0 Å². The summed E-state index contributed by atoms with van der Waals surface area (Å²) in [6.45, 7) is 3.86. The molecule has 5 heteroatoms. The van der Waals surface area contributed by atoms with Crippen LogP contribution < -0.4 is 10.9 Å². The molecule has 24 heavy (non-hydrogen) atoms. The van der Waals surface area contributed by atoms with Crippen molar-refractivity contribution in [3.05, 3.63) is 87.8 Å². The Morgan fingerprint density at radius 1 is 0.917 bits per heavy atom. The van der Waals surface area contributed by atoms with Crippen molar-refractivity contribution in [2.24, 2.45) is 0 Å². The van der Waals surface area contributed by atoms with Crippen molar-refractivity contribution >= 4 is 11.6 Å². The molecule has 0 atom stereocenters. The van der Waals surface area contributed by atoms with Crippen LogP contribution in [0.4, 0.5) is 5.69 Å². The molecule has 0 radical (unpaired) electrons. The van der Waals surface area contributed by atoms with E-state index >= 15 is 0 Å². The molecule has 1 heterocycles. The number of carbonyl (C=O) groups excluding carboxylic acids is 1. The van der Waals surface area contributed by atoms with Crippen LogP contribution in [-0.4, -0.2) is 15.7 Å². The summed E-state index contributed by atoms with van der Waals surface area (Å²) in [5.41, 5.74) is 3.22. The van der Waals surface area contributed by atoms with E-state index in [9.17, 15) is 9.59 Å². The van der Waals surface area contributed by atoms with E-state index in [-0.39, 0.29) is 17.2 Å². The Bertz CT molecular complexity index is 926. The van der Waals surface area contributed by atoms with Crippen LogP contribution in [-0.2, 0) is 0 Å². The quantitative estimate of drug-likeness (QED) is 0.807. The highest BCUT2D eigenvalue weighted by Crippen LogP contribution is 2.19. The van der Waals surface area contributed by atoms with Crippen LogP contribution in [0.2, 0.25) is 0 Å². The third-order valence-corrected chi connectivity index (χ3v) is 3.75. The van der Waals surface area contributed by atoms with Crippen LogP contribution in [0, 0.1) is 13.8 Å². The van der Waals surface area contributed by atoms with Gasteiger partial charge in [0.05, 0.1) is 5.69 Å². The van der Waals surface area contributed by atoms with E-state index in [1.54, 1.807) is 12.1 Å². The lowest BCUT2D eigenvalue weighted by atomic mass is 10.1. The lowest BCUT2D eigenvalue weighted by Gasteiger charge is -2.12. The summed E-state index contributed by atoms with van der Waals surface area (Å²) in [7, 11) is 0. The molecule has 5 nitrogen and oxygen atoms in total. The number of anilines is 1. The van der Waals surface area contributed by atoms with Crippen molar-refractivity contribution in [1.29, 1.82) is 0 Å². The van der Waals surface area contributed by atoms with Crippen LogP contribution in [0.15, 0.2) is 65.5 Å². The number of aromatic nitrogens is 2. The molecule has 2 aromatic carbocycles. The molecule has 0 fully saturated rings. The van der Waals surface area contributed by atoms with Gasteiger partial charge in [0.1, 0.15) is 5.69 Å². The Kier molecular flexibility index (Phi) is 4.24. The van der Waals surface area contributed by atoms with Crippen LogP contribution in [0.3, 0.4) is 0 Å². The summed E-state index contributed by atoms with van der Waals surface area (Å²) in [5, 5.41) is 7.07. The molecule has 0 aliphatic rings. The standard InChI is InChI=1S/C19H17N3O2/c1-13-7-6-8-14(2)18(13)20-19(24)16-11-12-17(23)22(21-16)15-9-4-3-5-10-15/h3-12H,1-2H3,(H,20,24). The van der Waals surface area contributed by atoms with Crippen LogP contribution in [0.1, 0.15) is 21.6 Å². The summed E-state index contributed by atoms with van der Waals surface area (Å²) >= 11 is 0. The van der Waals surface area contributed by atoms with Gasteiger partial charge >= 0.3 is 0 Å². The first-order chi connectivity index (χ1) is 11.6. The number of benzene rings is 2. The van der Waals surface area contributed by atoms with Crippen molar-refractivity contribution in [2.75, 3.05) is 5.32 Å². The van der Waals surface area contributed by atoms with E-state index in [2.05, 4.69) is 10.4 Å². The maximum Gasteiger partial charge on any atom is 0.276 e. The number of nitrogens with zero attached hydrogens (tertiary/aromatic N) is 2. The number of carbonyl (C=O) groups is 1. The third kappa shape index (κ3) is 3.10. The molecule has 1 N–H and O–H groups in total. The average Bonchev–Trinajstić information content (AvgIpc) is 2.59. The Hall–Kier alpha value is -3.21. The van der Waals surface area contributed by atoms with E-state index in [0.717, 1.165) is 16.8 Å². The van der Waals surface area contributed by atoms with Crippen molar-refractivity contribution < 1.29 is 4.79 Å². The van der Waals surface area contributed by atoms with E-state index in [4.69, 9.17) is 0 Å². The van der Waals surface area contributed by atoms with Gasteiger partial charge in [-0.25, -0.2) is 0 Å². The van der Waals surface area contributed by atoms with Crippen LogP contribution >= 0.6 is 0 Å². The smallest absolute Gasteiger partial charge is 0.276 e. The lowest BCUT2D eigenvalue weighted by molar-refractivity contribution is 0.102. The maximum atomic E-state index is 12.5. The molecule has 0 spiro atoms. The van der Waals surface area contributed by atoms with Gasteiger partial charge in [-0.3, -0.25) is 9.59 Å². The highest BCUT2D eigenvalue weighted by atomic mass is 16.2. The number of rotatable bonds is 3. The minimum Gasteiger partial charge on any atom is -0.320 e. The van der Waals surface area contributed by atoms with Gasteiger partial charge in [0.2, 0.25) is 0 Å². The first-order valence-corrected chi connectivity index (χ1v) is 7.59. The Morgan fingerprint density at radius 3 is 2.25 bits per heavy atom. The van der Waals surface area contributed by atoms with Gasteiger partial charge in [0.15, 0.2) is 0 Å². The number of hydrogen-bond acceptors (Lipinski definition) is 3. The zero-order valence-electron chi connectivity index (χ0n) is 13.5. The fraction of sp³-hybridized carbons (Fsp3) is 0.105. The van der Waals surface area contributed by atoms with Gasteiger partial charge in [0.25, 0.3) is 11.5 Å². The number of para-hydroxylation sites is 2. The van der Waals surface area contributed by atoms with Crippen LogP contribution in [0.25, 0.3) is 5.69 Å². The summed E-state index contributed by atoms with van der Waals surface area (Å²) in [5.74, 6) is -0.350. The van der Waals surface area contributed by atoms with Gasteiger partial charge in [-0.2, -0.15) is 9.78 Å². The number of amides is 1. The van der Waals surface area contributed by atoms with Gasteiger partial charge < -0.3 is 5.32 Å². The summed E-state index contributed by atoms with van der Waals surface area (Å²) < 4.78 is 1.22. The molecule has 1 amide bonds. The molecular weight excluding hydrogens is 302 g/mol. The first-order valence-electron chi connectivity index (χ1n) is 7.59. The molecule has 0 saturated heterocycles. The van der Waals surface area contributed by atoms with E-state index in [0.29, 0.717) is 5.69 Å². The van der Waals surface area contributed by atoms with E-state index in [1.807, 2.05) is 50.2 Å². The van der Waals surface area contributed by atoms with Gasteiger partial charge in [-0.1, -0.05) is 36.4 Å². The molecule has 3 aromatic rings. The number of hydrogen-bond donors (Lipinski definition) is 1. The average molecular weight is 319 g/mol. The minimum absolute atomic E-state index is 0.182. The second kappa shape index (κ2) is 6.50. The van der Waals surface area contributed by atoms with Gasteiger partial charge in [0, 0.05) is 11.8 Å². The highest BCUT2D eigenvalue weighted by Gasteiger charge is 2.13. The normalized spacial score (nSPS) is 10.4. The maximum absolute atomic E-state index is 12.5. The largest absolute Gasteiger partial charge is 0.320 e. The highest BCUT2D eigenvalue weighted by molar-refractivity contribution is 6.03. The number of aryl methyl sites for hydroxylation is 2. The molecule has 120 valence electrons. The minimum atomic E-state index is -0.350. The van der Waals surface area contributed by atoms with E-state index < -0.39 is 0 Å². The lowest BCUT2D eigenvalue weighted by Crippen LogP contribution is -2.25. The molecule has 1 aromatic heterocycles. The van der Waals surface area contributed by atoms with Crippen molar-refractivity contribution in [2.45, 2.75) is 13.8 Å². The first kappa shape index (κ1) is 15.7. The summed E-state index contributed by atoms with van der Waals surface area (Å²) in [6, 6.07) is 17.6. The third-order valence-electron chi connectivity index (χ3n) is 3.75. The fourth-order valence-electron chi connectivity index (χ4n) is 2.48. The second-order valence-electron chi connectivity index (χ2n) is 5.53. The fourth-order valence-corrected chi connectivity index (χ4v) is 2.48. The Balaban J connectivity index is 1.96. The monoisotopic (exact) mass is 319 g/mol. The molecule has 0 aliphatic carbocycles. The zero-order valence-corrected chi connectivity index (χ0v) is 13.5. The van der Waals surface area contributed by atoms with E-state index in [1.165, 1.54) is 16.8 Å². The Labute approximate surface area is 139 Å².